The second-order valence-corrected chi connectivity index (χ2v) is 9.60. The summed E-state index contributed by atoms with van der Waals surface area (Å²) in [4.78, 5) is 0. The minimum absolute atomic E-state index is 0.0951. The van der Waals surface area contributed by atoms with Crippen LogP contribution in [0.2, 0.25) is 0 Å². The van der Waals surface area contributed by atoms with Gasteiger partial charge in [-0.3, -0.25) is 0 Å². The monoisotopic (exact) mass is 288 g/mol. The number of ether oxygens (including phenoxy) is 1. The van der Waals surface area contributed by atoms with Gasteiger partial charge in [0.15, 0.2) is 0 Å². The molecule has 0 radical (unpaired) electrons. The lowest BCUT2D eigenvalue weighted by atomic mass is 9.45. The van der Waals surface area contributed by atoms with Crippen LogP contribution in [0.25, 0.3) is 0 Å². The van der Waals surface area contributed by atoms with E-state index in [4.69, 9.17) is 4.74 Å². The van der Waals surface area contributed by atoms with Crippen molar-refractivity contribution in [2.75, 3.05) is 0 Å². The molecule has 21 heavy (non-hydrogen) atoms. The summed E-state index contributed by atoms with van der Waals surface area (Å²) in [7, 11) is 0. The van der Waals surface area contributed by atoms with Crippen LogP contribution in [-0.2, 0) is 4.74 Å². The Morgan fingerprint density at radius 1 is 1.10 bits per heavy atom. The third-order valence-electron chi connectivity index (χ3n) is 8.09. The van der Waals surface area contributed by atoms with Crippen LogP contribution in [0.4, 0.5) is 0 Å². The molecule has 2 aliphatic carbocycles. The van der Waals surface area contributed by atoms with Gasteiger partial charge in [0, 0.05) is 11.8 Å². The highest BCUT2D eigenvalue weighted by atomic mass is 16.5. The van der Waals surface area contributed by atoms with Crippen molar-refractivity contribution < 1.29 is 4.74 Å². The van der Waals surface area contributed by atoms with Crippen LogP contribution >= 0.6 is 0 Å². The minimum Gasteiger partial charge on any atom is -0.363 e. The number of fused-ring (bicyclic) bond motifs is 2. The van der Waals surface area contributed by atoms with Crippen LogP contribution in [0.5, 0.6) is 0 Å². The van der Waals surface area contributed by atoms with Crippen molar-refractivity contribution in [3.05, 3.63) is 11.6 Å². The van der Waals surface area contributed by atoms with Gasteiger partial charge < -0.3 is 4.74 Å². The maximum Gasteiger partial charge on any atom is 0.0957 e. The molecule has 2 aliphatic heterocycles. The molecule has 4 aliphatic rings. The molecule has 0 aromatic rings. The third-order valence-corrected chi connectivity index (χ3v) is 8.09. The average molecular weight is 288 g/mol. The maximum absolute atomic E-state index is 7.01. The van der Waals surface area contributed by atoms with Gasteiger partial charge >= 0.3 is 0 Å². The molecule has 1 spiro atoms. The molecule has 0 aromatic heterocycles. The van der Waals surface area contributed by atoms with Crippen molar-refractivity contribution in [2.45, 2.75) is 90.8 Å². The number of rotatable bonds is 1. The van der Waals surface area contributed by atoms with E-state index in [2.05, 4.69) is 40.7 Å². The molecule has 1 nitrogen and oxygen atoms in total. The van der Waals surface area contributed by atoms with E-state index in [1.165, 1.54) is 44.9 Å². The lowest BCUT2D eigenvalue weighted by molar-refractivity contribution is -0.172. The molecule has 2 bridgehead atoms. The van der Waals surface area contributed by atoms with Gasteiger partial charge in [-0.15, -0.1) is 0 Å². The fraction of sp³-hybridized carbons (Fsp3) is 0.900. The van der Waals surface area contributed by atoms with Gasteiger partial charge in [0.25, 0.3) is 0 Å². The molecule has 2 heterocycles. The van der Waals surface area contributed by atoms with Crippen LogP contribution in [0.15, 0.2) is 11.6 Å². The van der Waals surface area contributed by atoms with E-state index < -0.39 is 0 Å². The van der Waals surface area contributed by atoms with Crippen molar-refractivity contribution in [3.8, 4) is 0 Å². The quantitative estimate of drug-likeness (QED) is 0.579. The highest BCUT2D eigenvalue weighted by Crippen LogP contribution is 2.71. The van der Waals surface area contributed by atoms with E-state index in [0.29, 0.717) is 16.7 Å². The fourth-order valence-electron chi connectivity index (χ4n) is 6.71. The lowest BCUT2D eigenvalue weighted by Gasteiger charge is -2.60. The smallest absolute Gasteiger partial charge is 0.0957 e. The first-order valence-corrected chi connectivity index (χ1v) is 9.16. The fourth-order valence-corrected chi connectivity index (χ4v) is 6.71. The molecule has 2 saturated heterocycles. The average Bonchev–Trinajstić information content (AvgIpc) is 2.93. The number of allylic oxidation sites excluding steroid dienone is 1. The molecule has 4 atom stereocenters. The maximum atomic E-state index is 7.01. The number of hydrogen-bond donors (Lipinski definition) is 0. The second kappa shape index (κ2) is 3.96. The van der Waals surface area contributed by atoms with Crippen LogP contribution in [0.1, 0.15) is 79.6 Å². The summed E-state index contributed by atoms with van der Waals surface area (Å²) in [6, 6.07) is 0. The van der Waals surface area contributed by atoms with Crippen molar-refractivity contribution in [1.29, 1.82) is 0 Å². The second-order valence-electron chi connectivity index (χ2n) is 9.60. The molecular weight excluding hydrogens is 256 g/mol. The Morgan fingerprint density at radius 3 is 2.57 bits per heavy atom. The molecule has 1 heteroatoms. The van der Waals surface area contributed by atoms with Crippen LogP contribution in [-0.4, -0.2) is 11.2 Å². The highest BCUT2D eigenvalue weighted by Gasteiger charge is 2.70. The zero-order valence-electron chi connectivity index (χ0n) is 14.6. The van der Waals surface area contributed by atoms with E-state index >= 15 is 0 Å². The number of hydrogen-bond acceptors (Lipinski definition) is 1. The predicted octanol–water partition coefficient (Wildman–Crippen LogP) is 5.50. The largest absolute Gasteiger partial charge is 0.363 e. The first-order chi connectivity index (χ1) is 9.76. The van der Waals surface area contributed by atoms with Crippen LogP contribution < -0.4 is 0 Å². The molecule has 4 rings (SSSR count). The van der Waals surface area contributed by atoms with Crippen LogP contribution in [0, 0.1) is 22.7 Å². The first-order valence-electron chi connectivity index (χ1n) is 9.16. The molecule has 3 fully saturated rings. The van der Waals surface area contributed by atoms with Gasteiger partial charge in [0.1, 0.15) is 0 Å². The first kappa shape index (κ1) is 14.3. The summed E-state index contributed by atoms with van der Waals surface area (Å²) in [5.41, 5.74) is 2.77. The third kappa shape index (κ3) is 1.52. The molecule has 0 N–H and O–H groups in total. The van der Waals surface area contributed by atoms with Crippen LogP contribution in [0.3, 0.4) is 0 Å². The highest BCUT2D eigenvalue weighted by molar-refractivity contribution is 5.38. The van der Waals surface area contributed by atoms with Gasteiger partial charge in [0.2, 0.25) is 0 Å². The Hall–Kier alpha value is -0.300. The summed E-state index contributed by atoms with van der Waals surface area (Å²) in [5, 5.41) is 0. The lowest BCUT2D eigenvalue weighted by Crippen LogP contribution is -2.57. The van der Waals surface area contributed by atoms with Gasteiger partial charge in [0.05, 0.1) is 11.2 Å². The molecule has 118 valence electrons. The van der Waals surface area contributed by atoms with Gasteiger partial charge in [-0.05, 0) is 54.9 Å². The normalized spacial score (nSPS) is 50.8. The summed E-state index contributed by atoms with van der Waals surface area (Å²) >= 11 is 0. The summed E-state index contributed by atoms with van der Waals surface area (Å²) in [6.45, 7) is 12.3. The SMILES string of the molecule is CC(C)[C@]12CC[C@]3(O1)C(=CCC1C(C)(C)CCC[C@@]13C)C2. The van der Waals surface area contributed by atoms with E-state index in [1.54, 1.807) is 5.57 Å². The topological polar surface area (TPSA) is 9.23 Å². The Morgan fingerprint density at radius 2 is 1.86 bits per heavy atom. The van der Waals surface area contributed by atoms with E-state index in [0.717, 1.165) is 5.92 Å². The van der Waals surface area contributed by atoms with Crippen molar-refractivity contribution in [3.63, 3.8) is 0 Å². The zero-order valence-corrected chi connectivity index (χ0v) is 14.6. The van der Waals surface area contributed by atoms with E-state index in [1.807, 2.05) is 0 Å². The van der Waals surface area contributed by atoms with Crippen molar-refractivity contribution >= 4 is 0 Å². The Labute approximate surface area is 130 Å². The molecule has 0 amide bonds. The Bertz CT molecular complexity index is 502. The molecule has 0 aromatic carbocycles. The van der Waals surface area contributed by atoms with Crippen molar-refractivity contribution in [1.82, 2.24) is 0 Å². The molecule has 1 saturated carbocycles. The standard InChI is InChI=1S/C20H32O/c1-14(2)19-11-12-20(21-19)15(13-19)7-8-16-17(3,4)9-6-10-18(16,20)5/h7,14,16H,6,8-13H2,1-5H3/t16?,18-,19+,20-/m0/s1. The van der Waals surface area contributed by atoms with E-state index in [9.17, 15) is 0 Å². The molecule has 1 unspecified atom stereocenters. The Kier molecular flexibility index (Phi) is 2.70. The van der Waals surface area contributed by atoms with Gasteiger partial charge in [-0.25, -0.2) is 0 Å². The minimum atomic E-state index is 0.0951. The summed E-state index contributed by atoms with van der Waals surface area (Å²) in [5.74, 6) is 1.44. The Balaban J connectivity index is 1.82. The predicted molar refractivity (Wildman–Crippen MR) is 87.2 cm³/mol. The van der Waals surface area contributed by atoms with Crippen molar-refractivity contribution in [2.24, 2.45) is 22.7 Å². The van der Waals surface area contributed by atoms with Gasteiger partial charge in [-0.1, -0.05) is 47.1 Å². The van der Waals surface area contributed by atoms with Gasteiger partial charge in [-0.2, -0.15) is 0 Å². The van der Waals surface area contributed by atoms with E-state index in [-0.39, 0.29) is 11.2 Å². The summed E-state index contributed by atoms with van der Waals surface area (Å²) < 4.78 is 7.01. The summed E-state index contributed by atoms with van der Waals surface area (Å²) in [6.07, 6.45) is 11.8. The molecular formula is C20H32O. The zero-order chi connectivity index (χ0) is 15.1.